The normalized spacial score (nSPS) is 31.2. The average molecular weight is 357 g/mol. The maximum absolute atomic E-state index is 12.7. The molecule has 6 nitrogen and oxygen atoms in total. The molecule has 0 spiro atoms. The number of carboxylic acid groups (broad SMARTS) is 1. The largest absolute Gasteiger partial charge is 0.480 e. The lowest BCUT2D eigenvalue weighted by molar-refractivity contribution is -0.149. The summed E-state index contributed by atoms with van der Waals surface area (Å²) in [4.78, 5) is 25.7. The molecule has 1 amide bonds. The summed E-state index contributed by atoms with van der Waals surface area (Å²) in [6.45, 7) is 0. The standard InChI is InChI=1S/C17H27NO5S/c19-16(9-10-24(22,23)13-6-2-3-7-13)18-14-8-4-1-5-12(14)11-15(18)17(20)21/h12-15H,1-11H2,(H,20,21)/t12-,14-,15-/m0/s1. The van der Waals surface area contributed by atoms with E-state index in [9.17, 15) is 23.1 Å². The van der Waals surface area contributed by atoms with Crippen LogP contribution in [0.2, 0.25) is 0 Å². The lowest BCUT2D eigenvalue weighted by atomic mass is 9.84. The van der Waals surface area contributed by atoms with Crippen molar-refractivity contribution in [1.29, 1.82) is 0 Å². The second-order valence-electron chi connectivity index (χ2n) is 7.53. The number of hydrogen-bond donors (Lipinski definition) is 1. The van der Waals surface area contributed by atoms with Gasteiger partial charge in [-0.15, -0.1) is 0 Å². The van der Waals surface area contributed by atoms with E-state index in [0.717, 1.165) is 38.5 Å². The fourth-order valence-electron chi connectivity index (χ4n) is 4.81. The van der Waals surface area contributed by atoms with Gasteiger partial charge in [-0.3, -0.25) is 4.79 Å². The van der Waals surface area contributed by atoms with Gasteiger partial charge in [-0.2, -0.15) is 0 Å². The molecule has 1 aliphatic heterocycles. The molecule has 3 atom stereocenters. The number of sulfone groups is 1. The van der Waals surface area contributed by atoms with Gasteiger partial charge < -0.3 is 10.0 Å². The third-order valence-electron chi connectivity index (χ3n) is 6.07. The van der Waals surface area contributed by atoms with Crippen LogP contribution >= 0.6 is 0 Å². The van der Waals surface area contributed by atoms with Crippen molar-refractivity contribution in [3.8, 4) is 0 Å². The van der Waals surface area contributed by atoms with Crippen molar-refractivity contribution in [2.45, 2.75) is 81.5 Å². The summed E-state index contributed by atoms with van der Waals surface area (Å²) >= 11 is 0. The lowest BCUT2D eigenvalue weighted by Crippen LogP contribution is -2.46. The van der Waals surface area contributed by atoms with Gasteiger partial charge in [-0.1, -0.05) is 25.7 Å². The van der Waals surface area contributed by atoms with Gasteiger partial charge in [0.1, 0.15) is 6.04 Å². The molecule has 3 aliphatic rings. The molecule has 0 unspecified atom stereocenters. The predicted molar refractivity (Wildman–Crippen MR) is 89.3 cm³/mol. The number of carbonyl (C=O) groups is 2. The van der Waals surface area contributed by atoms with E-state index in [2.05, 4.69) is 0 Å². The van der Waals surface area contributed by atoms with Crippen molar-refractivity contribution in [1.82, 2.24) is 4.90 Å². The molecule has 2 saturated carbocycles. The second-order valence-corrected chi connectivity index (χ2v) is 9.93. The highest BCUT2D eigenvalue weighted by Gasteiger charge is 2.47. The third kappa shape index (κ3) is 3.46. The maximum atomic E-state index is 12.7. The Kier molecular flexibility index (Phi) is 5.18. The Balaban J connectivity index is 1.66. The first-order valence-corrected chi connectivity index (χ1v) is 10.9. The molecule has 0 aromatic heterocycles. The van der Waals surface area contributed by atoms with Crippen molar-refractivity contribution in [2.24, 2.45) is 5.92 Å². The van der Waals surface area contributed by atoms with E-state index in [1.165, 1.54) is 4.90 Å². The third-order valence-corrected chi connectivity index (χ3v) is 8.33. The highest BCUT2D eigenvalue weighted by atomic mass is 32.2. The van der Waals surface area contributed by atoms with Crippen molar-refractivity contribution in [2.75, 3.05) is 5.75 Å². The van der Waals surface area contributed by atoms with Crippen molar-refractivity contribution >= 4 is 21.7 Å². The summed E-state index contributed by atoms with van der Waals surface area (Å²) in [5.74, 6) is -1.14. The summed E-state index contributed by atoms with van der Waals surface area (Å²) in [6, 6.07) is -0.790. The van der Waals surface area contributed by atoms with Gasteiger partial charge in [0.2, 0.25) is 5.91 Å². The molecule has 3 rings (SSSR count). The number of fused-ring (bicyclic) bond motifs is 1. The zero-order valence-corrected chi connectivity index (χ0v) is 14.8. The summed E-state index contributed by atoms with van der Waals surface area (Å²) in [7, 11) is -3.25. The van der Waals surface area contributed by atoms with Gasteiger partial charge in [-0.25, -0.2) is 13.2 Å². The molecule has 136 valence electrons. The van der Waals surface area contributed by atoms with Crippen LogP contribution in [0.5, 0.6) is 0 Å². The molecule has 1 N–H and O–H groups in total. The van der Waals surface area contributed by atoms with E-state index in [1.807, 2.05) is 0 Å². The van der Waals surface area contributed by atoms with Crippen LogP contribution in [-0.2, 0) is 19.4 Å². The number of likely N-dealkylation sites (tertiary alicyclic amines) is 1. The summed E-state index contributed by atoms with van der Waals surface area (Å²) in [5.41, 5.74) is 0. The van der Waals surface area contributed by atoms with Crippen LogP contribution in [0.3, 0.4) is 0 Å². The number of carboxylic acids is 1. The zero-order valence-electron chi connectivity index (χ0n) is 14.0. The zero-order chi connectivity index (χ0) is 17.3. The number of hydrogen-bond acceptors (Lipinski definition) is 4. The fraction of sp³-hybridized carbons (Fsp3) is 0.882. The highest BCUT2D eigenvalue weighted by Crippen LogP contribution is 2.40. The van der Waals surface area contributed by atoms with Gasteiger partial charge in [0.05, 0.1) is 11.0 Å². The summed E-state index contributed by atoms with van der Waals surface area (Å²) in [6.07, 6.45) is 7.62. The van der Waals surface area contributed by atoms with E-state index in [-0.39, 0.29) is 35.3 Å². The van der Waals surface area contributed by atoms with E-state index in [1.54, 1.807) is 0 Å². The van der Waals surface area contributed by atoms with E-state index < -0.39 is 21.8 Å². The van der Waals surface area contributed by atoms with Gasteiger partial charge >= 0.3 is 5.97 Å². The fourth-order valence-corrected chi connectivity index (χ4v) is 6.66. The van der Waals surface area contributed by atoms with Crippen molar-refractivity contribution in [3.05, 3.63) is 0 Å². The second kappa shape index (κ2) is 7.02. The Morgan fingerprint density at radius 1 is 1.00 bits per heavy atom. The van der Waals surface area contributed by atoms with E-state index in [4.69, 9.17) is 0 Å². The van der Waals surface area contributed by atoms with Gasteiger partial charge in [-0.05, 0) is 38.0 Å². The summed E-state index contributed by atoms with van der Waals surface area (Å²) in [5, 5.41) is 9.16. The lowest BCUT2D eigenvalue weighted by Gasteiger charge is -2.33. The smallest absolute Gasteiger partial charge is 0.326 e. The molecular weight excluding hydrogens is 330 g/mol. The Bertz CT molecular complexity index is 596. The number of aliphatic carboxylic acids is 1. The van der Waals surface area contributed by atoms with Crippen LogP contribution in [0, 0.1) is 5.92 Å². The average Bonchev–Trinajstić information content (AvgIpc) is 3.20. The van der Waals surface area contributed by atoms with Gasteiger partial charge in [0.15, 0.2) is 9.84 Å². The molecule has 0 bridgehead atoms. The van der Waals surface area contributed by atoms with Crippen LogP contribution in [-0.4, -0.2) is 53.4 Å². The van der Waals surface area contributed by atoms with Crippen molar-refractivity contribution < 1.29 is 23.1 Å². The van der Waals surface area contributed by atoms with Crippen molar-refractivity contribution in [3.63, 3.8) is 0 Å². The van der Waals surface area contributed by atoms with Crippen LogP contribution in [0.25, 0.3) is 0 Å². The van der Waals surface area contributed by atoms with E-state index in [0.29, 0.717) is 19.3 Å². The highest BCUT2D eigenvalue weighted by molar-refractivity contribution is 7.92. The van der Waals surface area contributed by atoms with Crippen LogP contribution < -0.4 is 0 Å². The maximum Gasteiger partial charge on any atom is 0.326 e. The Morgan fingerprint density at radius 2 is 1.62 bits per heavy atom. The SMILES string of the molecule is O=C(O)[C@@H]1C[C@@H]2CCCC[C@@H]2N1C(=O)CCS(=O)(=O)C1CCCC1. The molecule has 7 heteroatoms. The topological polar surface area (TPSA) is 91.8 Å². The molecule has 3 fully saturated rings. The van der Waals surface area contributed by atoms with Crippen LogP contribution in [0.4, 0.5) is 0 Å². The van der Waals surface area contributed by atoms with Crippen LogP contribution in [0.1, 0.15) is 64.2 Å². The number of amides is 1. The minimum absolute atomic E-state index is 0.0125. The molecule has 2 aliphatic carbocycles. The first-order chi connectivity index (χ1) is 11.4. The number of nitrogens with zero attached hydrogens (tertiary/aromatic N) is 1. The minimum Gasteiger partial charge on any atom is -0.480 e. The molecule has 0 aromatic rings. The Morgan fingerprint density at radius 3 is 2.29 bits per heavy atom. The quantitative estimate of drug-likeness (QED) is 0.812. The minimum atomic E-state index is -3.25. The number of rotatable bonds is 5. The molecule has 24 heavy (non-hydrogen) atoms. The first-order valence-electron chi connectivity index (χ1n) is 9.15. The molecule has 0 aromatic carbocycles. The first kappa shape index (κ1) is 17.7. The monoisotopic (exact) mass is 357 g/mol. The Labute approximate surface area is 143 Å². The van der Waals surface area contributed by atoms with Gasteiger partial charge in [0.25, 0.3) is 0 Å². The molecule has 1 heterocycles. The molecular formula is C17H27NO5S. The number of carbonyl (C=O) groups excluding carboxylic acids is 1. The molecule has 0 radical (unpaired) electrons. The van der Waals surface area contributed by atoms with E-state index >= 15 is 0 Å². The Hall–Kier alpha value is -1.11. The predicted octanol–water partition coefficient (Wildman–Crippen LogP) is 1.98. The van der Waals surface area contributed by atoms with Crippen LogP contribution in [0.15, 0.2) is 0 Å². The van der Waals surface area contributed by atoms with Gasteiger partial charge in [0, 0.05) is 12.5 Å². The summed E-state index contributed by atoms with van der Waals surface area (Å²) < 4.78 is 24.7. The molecule has 1 saturated heterocycles.